The lowest BCUT2D eigenvalue weighted by molar-refractivity contribution is -0.147. The van der Waals surface area contributed by atoms with Crippen LogP contribution in [0.4, 0.5) is 0 Å². The fraction of sp³-hybridized carbons (Fsp3) is 0.333. The van der Waals surface area contributed by atoms with Crippen LogP contribution in [0.25, 0.3) is 0 Å². The van der Waals surface area contributed by atoms with E-state index in [-0.39, 0.29) is 12.4 Å². The molecular formula is C12H12O5. The number of benzene rings is 1. The van der Waals surface area contributed by atoms with Gasteiger partial charge in [-0.3, -0.25) is 4.79 Å². The lowest BCUT2D eigenvalue weighted by Crippen LogP contribution is -2.24. The second-order valence-electron chi connectivity index (χ2n) is 3.65. The quantitative estimate of drug-likeness (QED) is 0.738. The second-order valence-corrected chi connectivity index (χ2v) is 3.65. The number of rotatable bonds is 3. The summed E-state index contributed by atoms with van der Waals surface area (Å²) in [7, 11) is 1.30. The van der Waals surface area contributed by atoms with Crippen molar-refractivity contribution in [2.75, 3.05) is 13.7 Å². The number of ether oxygens (including phenoxy) is 3. The van der Waals surface area contributed by atoms with Crippen LogP contribution in [0.15, 0.2) is 18.2 Å². The number of hydrogen-bond acceptors (Lipinski definition) is 5. The predicted molar refractivity (Wildman–Crippen MR) is 58.4 cm³/mol. The minimum atomic E-state index is -0.699. The molecule has 2 rings (SSSR count). The predicted octanol–water partition coefficient (Wildman–Crippen LogP) is 1.20. The van der Waals surface area contributed by atoms with Crippen molar-refractivity contribution in [2.24, 2.45) is 0 Å². The number of carbonyl (C=O) groups is 2. The van der Waals surface area contributed by atoms with Gasteiger partial charge in [-0.05, 0) is 19.1 Å². The Labute approximate surface area is 98.3 Å². The summed E-state index contributed by atoms with van der Waals surface area (Å²) >= 11 is 0. The van der Waals surface area contributed by atoms with Gasteiger partial charge in [-0.25, -0.2) is 4.79 Å². The van der Waals surface area contributed by atoms with E-state index < -0.39 is 12.1 Å². The van der Waals surface area contributed by atoms with Crippen LogP contribution in [0.2, 0.25) is 0 Å². The third-order valence-electron chi connectivity index (χ3n) is 2.46. The zero-order valence-corrected chi connectivity index (χ0v) is 9.56. The summed E-state index contributed by atoms with van der Waals surface area (Å²) in [5.74, 6) is 0.455. The molecule has 0 fully saturated rings. The molecule has 0 spiro atoms. The molecule has 90 valence electrons. The Hall–Kier alpha value is -2.04. The van der Waals surface area contributed by atoms with Crippen LogP contribution in [-0.4, -0.2) is 31.6 Å². The van der Waals surface area contributed by atoms with Crippen LogP contribution >= 0.6 is 0 Å². The standard InChI is InChI=1S/C12H12O5/c1-7(12(14)15-2)17-8-3-4-9-10(13)6-16-11(9)5-8/h3-5,7H,6H2,1-2H3. The maximum atomic E-state index is 11.3. The molecule has 0 amide bonds. The highest BCUT2D eigenvalue weighted by molar-refractivity contribution is 6.02. The van der Waals surface area contributed by atoms with Crippen molar-refractivity contribution in [1.29, 1.82) is 0 Å². The Balaban J connectivity index is 2.14. The van der Waals surface area contributed by atoms with E-state index in [0.717, 1.165) is 0 Å². The molecule has 1 aliphatic heterocycles. The fourth-order valence-corrected chi connectivity index (χ4v) is 1.56. The van der Waals surface area contributed by atoms with Gasteiger partial charge < -0.3 is 14.2 Å². The number of ketones is 1. The normalized spacial score (nSPS) is 14.8. The lowest BCUT2D eigenvalue weighted by atomic mass is 10.1. The van der Waals surface area contributed by atoms with Crippen LogP contribution in [0.1, 0.15) is 17.3 Å². The molecule has 1 atom stereocenters. The van der Waals surface area contributed by atoms with E-state index in [2.05, 4.69) is 4.74 Å². The number of Topliss-reactive ketones (excluding diaryl/α,β-unsaturated/α-hetero) is 1. The smallest absolute Gasteiger partial charge is 0.346 e. The molecule has 5 heteroatoms. The van der Waals surface area contributed by atoms with E-state index in [9.17, 15) is 9.59 Å². The van der Waals surface area contributed by atoms with Crippen molar-refractivity contribution in [1.82, 2.24) is 0 Å². The van der Waals surface area contributed by atoms with Gasteiger partial charge in [0.05, 0.1) is 12.7 Å². The Morgan fingerprint density at radius 2 is 2.24 bits per heavy atom. The zero-order valence-electron chi connectivity index (χ0n) is 9.56. The molecule has 0 radical (unpaired) electrons. The van der Waals surface area contributed by atoms with Crippen molar-refractivity contribution in [3.63, 3.8) is 0 Å². The van der Waals surface area contributed by atoms with Crippen LogP contribution in [0.5, 0.6) is 11.5 Å². The highest BCUT2D eigenvalue weighted by Gasteiger charge is 2.22. The van der Waals surface area contributed by atoms with Gasteiger partial charge in [0.1, 0.15) is 11.5 Å². The molecule has 1 heterocycles. The fourth-order valence-electron chi connectivity index (χ4n) is 1.56. The third-order valence-corrected chi connectivity index (χ3v) is 2.46. The Kier molecular flexibility index (Phi) is 2.99. The molecule has 0 aromatic heterocycles. The van der Waals surface area contributed by atoms with E-state index in [4.69, 9.17) is 9.47 Å². The monoisotopic (exact) mass is 236 g/mol. The molecule has 0 aliphatic carbocycles. The zero-order chi connectivity index (χ0) is 12.4. The van der Waals surface area contributed by atoms with Gasteiger partial charge in [-0.1, -0.05) is 0 Å². The van der Waals surface area contributed by atoms with Gasteiger partial charge >= 0.3 is 5.97 Å². The highest BCUT2D eigenvalue weighted by Crippen LogP contribution is 2.29. The van der Waals surface area contributed by atoms with Gasteiger partial charge in [0.15, 0.2) is 12.7 Å². The Morgan fingerprint density at radius 3 is 2.94 bits per heavy atom. The summed E-state index contributed by atoms with van der Waals surface area (Å²) in [5.41, 5.74) is 0.545. The van der Waals surface area contributed by atoms with E-state index in [1.807, 2.05) is 0 Å². The minimum absolute atomic E-state index is 0.0485. The van der Waals surface area contributed by atoms with Crippen molar-refractivity contribution >= 4 is 11.8 Å². The maximum Gasteiger partial charge on any atom is 0.346 e. The molecule has 0 N–H and O–H groups in total. The van der Waals surface area contributed by atoms with E-state index >= 15 is 0 Å². The van der Waals surface area contributed by atoms with Gasteiger partial charge in [0, 0.05) is 6.07 Å². The molecule has 1 aromatic rings. The van der Waals surface area contributed by atoms with Crippen molar-refractivity contribution in [2.45, 2.75) is 13.0 Å². The summed E-state index contributed by atoms with van der Waals surface area (Å²) in [4.78, 5) is 22.5. The van der Waals surface area contributed by atoms with Crippen molar-refractivity contribution in [3.05, 3.63) is 23.8 Å². The summed E-state index contributed by atoms with van der Waals surface area (Å²) in [6, 6.07) is 4.86. The number of hydrogen-bond donors (Lipinski definition) is 0. The molecule has 17 heavy (non-hydrogen) atoms. The number of carbonyl (C=O) groups excluding carboxylic acids is 2. The third kappa shape index (κ3) is 2.22. The summed E-state index contributed by atoms with van der Waals surface area (Å²) in [6.45, 7) is 1.65. The topological polar surface area (TPSA) is 61.8 Å². The molecule has 0 bridgehead atoms. The maximum absolute atomic E-state index is 11.3. The summed E-state index contributed by atoms with van der Waals surface area (Å²) in [5, 5.41) is 0. The molecular weight excluding hydrogens is 224 g/mol. The van der Waals surface area contributed by atoms with E-state index in [1.54, 1.807) is 25.1 Å². The average Bonchev–Trinajstić information content (AvgIpc) is 2.69. The Bertz CT molecular complexity index is 466. The van der Waals surface area contributed by atoms with Gasteiger partial charge in [-0.2, -0.15) is 0 Å². The van der Waals surface area contributed by atoms with Crippen LogP contribution < -0.4 is 9.47 Å². The molecule has 0 saturated carbocycles. The number of methoxy groups -OCH3 is 1. The van der Waals surface area contributed by atoms with E-state index in [1.165, 1.54) is 7.11 Å². The molecule has 5 nitrogen and oxygen atoms in total. The van der Waals surface area contributed by atoms with Crippen molar-refractivity contribution < 1.29 is 23.8 Å². The Morgan fingerprint density at radius 1 is 1.47 bits per heavy atom. The number of esters is 1. The van der Waals surface area contributed by atoms with Gasteiger partial charge in [0.2, 0.25) is 5.78 Å². The van der Waals surface area contributed by atoms with Crippen LogP contribution in [-0.2, 0) is 9.53 Å². The summed E-state index contributed by atoms with van der Waals surface area (Å²) in [6.07, 6.45) is -0.699. The molecule has 1 aliphatic rings. The molecule has 1 unspecified atom stereocenters. The molecule has 0 saturated heterocycles. The largest absolute Gasteiger partial charge is 0.485 e. The second kappa shape index (κ2) is 4.45. The highest BCUT2D eigenvalue weighted by atomic mass is 16.6. The number of fused-ring (bicyclic) bond motifs is 1. The van der Waals surface area contributed by atoms with Gasteiger partial charge in [-0.15, -0.1) is 0 Å². The lowest BCUT2D eigenvalue weighted by Gasteiger charge is -2.12. The first-order chi connectivity index (χ1) is 8.11. The van der Waals surface area contributed by atoms with Crippen LogP contribution in [0, 0.1) is 0 Å². The minimum Gasteiger partial charge on any atom is -0.485 e. The first kappa shape index (κ1) is 11.4. The SMILES string of the molecule is COC(=O)C(C)Oc1ccc2c(c1)OCC2=O. The average molecular weight is 236 g/mol. The summed E-state index contributed by atoms with van der Waals surface area (Å²) < 4.78 is 15.1. The molecule has 1 aromatic carbocycles. The van der Waals surface area contributed by atoms with Crippen LogP contribution in [0.3, 0.4) is 0 Å². The first-order valence-electron chi connectivity index (χ1n) is 5.16. The van der Waals surface area contributed by atoms with Crippen molar-refractivity contribution in [3.8, 4) is 11.5 Å². The van der Waals surface area contributed by atoms with E-state index in [0.29, 0.717) is 17.1 Å². The van der Waals surface area contributed by atoms with Gasteiger partial charge in [0.25, 0.3) is 0 Å². The first-order valence-corrected chi connectivity index (χ1v) is 5.16.